The molecule has 4 rings (SSSR count). The molecule has 160 valence electrons. The van der Waals surface area contributed by atoms with E-state index in [-0.39, 0.29) is 22.8 Å². The van der Waals surface area contributed by atoms with Crippen LogP contribution in [0.25, 0.3) is 16.6 Å². The topological polar surface area (TPSA) is 90.3 Å². The van der Waals surface area contributed by atoms with Crippen LogP contribution in [0.2, 0.25) is 0 Å². The standard InChI is InChI=1S/C24H19N3O4S/c1-31-23(30)18-12-6-8-14-20(18)25-21(28)15-32-24-26-19-13-7-5-11-17(19)22(29)27(24)16-9-3-2-4-10-16/h2-14H,15H2,1H3,(H,25,28). The molecule has 4 aromatic rings. The molecule has 0 saturated carbocycles. The second-order valence-corrected chi connectivity index (χ2v) is 7.70. The van der Waals surface area contributed by atoms with Crippen molar-refractivity contribution < 1.29 is 14.3 Å². The monoisotopic (exact) mass is 445 g/mol. The number of methoxy groups -OCH3 is 1. The van der Waals surface area contributed by atoms with Gasteiger partial charge in [0.1, 0.15) is 0 Å². The molecule has 32 heavy (non-hydrogen) atoms. The minimum atomic E-state index is -0.539. The van der Waals surface area contributed by atoms with Gasteiger partial charge in [-0.25, -0.2) is 9.78 Å². The van der Waals surface area contributed by atoms with E-state index in [4.69, 9.17) is 4.74 Å². The van der Waals surface area contributed by atoms with Crippen molar-refractivity contribution in [3.8, 4) is 5.69 Å². The third-order valence-corrected chi connectivity index (χ3v) is 5.64. The molecular formula is C24H19N3O4S. The maximum Gasteiger partial charge on any atom is 0.339 e. The van der Waals surface area contributed by atoms with Crippen molar-refractivity contribution in [1.82, 2.24) is 9.55 Å². The molecule has 0 aliphatic heterocycles. The molecule has 0 fully saturated rings. The van der Waals surface area contributed by atoms with Gasteiger partial charge in [0.2, 0.25) is 5.91 Å². The predicted molar refractivity (Wildman–Crippen MR) is 124 cm³/mol. The molecule has 8 heteroatoms. The van der Waals surface area contributed by atoms with Crippen LogP contribution in [0.3, 0.4) is 0 Å². The number of nitrogens with zero attached hydrogens (tertiary/aromatic N) is 2. The molecule has 0 aliphatic carbocycles. The van der Waals surface area contributed by atoms with Crippen LogP contribution in [0, 0.1) is 0 Å². The van der Waals surface area contributed by atoms with Crippen molar-refractivity contribution in [3.05, 3.63) is 94.8 Å². The number of thioether (sulfide) groups is 1. The van der Waals surface area contributed by atoms with E-state index in [1.54, 1.807) is 42.5 Å². The van der Waals surface area contributed by atoms with Crippen molar-refractivity contribution in [2.75, 3.05) is 18.2 Å². The highest BCUT2D eigenvalue weighted by molar-refractivity contribution is 7.99. The van der Waals surface area contributed by atoms with E-state index in [2.05, 4.69) is 10.3 Å². The van der Waals surface area contributed by atoms with Crippen LogP contribution < -0.4 is 10.9 Å². The number of benzene rings is 3. The van der Waals surface area contributed by atoms with Gasteiger partial charge in [-0.2, -0.15) is 0 Å². The Hall–Kier alpha value is -3.91. The van der Waals surface area contributed by atoms with Crippen LogP contribution in [0.4, 0.5) is 5.69 Å². The molecule has 0 bridgehead atoms. The first-order chi connectivity index (χ1) is 15.6. The summed E-state index contributed by atoms with van der Waals surface area (Å²) in [5.41, 5.74) is 1.63. The molecule has 1 amide bonds. The number of nitrogens with one attached hydrogen (secondary N) is 1. The Kier molecular flexibility index (Phi) is 6.32. The Morgan fingerprint density at radius 3 is 2.44 bits per heavy atom. The third-order valence-electron chi connectivity index (χ3n) is 4.70. The maximum absolute atomic E-state index is 13.2. The first-order valence-electron chi connectivity index (χ1n) is 9.75. The second kappa shape index (κ2) is 9.49. The van der Waals surface area contributed by atoms with Crippen LogP contribution in [-0.2, 0) is 9.53 Å². The molecule has 0 radical (unpaired) electrons. The molecule has 0 unspecified atom stereocenters. The second-order valence-electron chi connectivity index (χ2n) is 6.76. The number of carbonyl (C=O) groups excluding carboxylic acids is 2. The Balaban J connectivity index is 1.63. The van der Waals surface area contributed by atoms with Gasteiger partial charge in [-0.15, -0.1) is 0 Å². The number of hydrogen-bond donors (Lipinski definition) is 1. The minimum Gasteiger partial charge on any atom is -0.465 e. The fraction of sp³-hybridized carbons (Fsp3) is 0.0833. The lowest BCUT2D eigenvalue weighted by molar-refractivity contribution is -0.113. The predicted octanol–water partition coefficient (Wildman–Crippen LogP) is 3.90. The molecule has 3 aromatic carbocycles. The SMILES string of the molecule is COC(=O)c1ccccc1NC(=O)CSc1nc2ccccc2c(=O)n1-c1ccccc1. The van der Waals surface area contributed by atoms with Gasteiger partial charge in [0.25, 0.3) is 5.56 Å². The van der Waals surface area contributed by atoms with Crippen molar-refractivity contribution in [1.29, 1.82) is 0 Å². The van der Waals surface area contributed by atoms with Crippen molar-refractivity contribution in [2.45, 2.75) is 5.16 Å². The normalized spacial score (nSPS) is 10.7. The summed E-state index contributed by atoms with van der Waals surface area (Å²) in [6.07, 6.45) is 0. The van der Waals surface area contributed by atoms with E-state index < -0.39 is 5.97 Å². The van der Waals surface area contributed by atoms with Gasteiger partial charge >= 0.3 is 5.97 Å². The third kappa shape index (κ3) is 4.40. The average molecular weight is 446 g/mol. The Labute approximate surface area is 188 Å². The van der Waals surface area contributed by atoms with Crippen LogP contribution in [0.15, 0.2) is 88.8 Å². The molecule has 1 heterocycles. The van der Waals surface area contributed by atoms with Crippen LogP contribution in [-0.4, -0.2) is 34.3 Å². The van der Waals surface area contributed by atoms with Crippen LogP contribution in [0.1, 0.15) is 10.4 Å². The highest BCUT2D eigenvalue weighted by Gasteiger charge is 2.16. The molecule has 1 N–H and O–H groups in total. The summed E-state index contributed by atoms with van der Waals surface area (Å²) < 4.78 is 6.27. The lowest BCUT2D eigenvalue weighted by Crippen LogP contribution is -2.23. The lowest BCUT2D eigenvalue weighted by atomic mass is 10.2. The van der Waals surface area contributed by atoms with Gasteiger partial charge in [-0.3, -0.25) is 14.2 Å². The summed E-state index contributed by atoms with van der Waals surface area (Å²) in [5.74, 6) is -0.885. The smallest absolute Gasteiger partial charge is 0.339 e. The minimum absolute atomic E-state index is 0.00682. The van der Waals surface area contributed by atoms with Gasteiger partial charge in [0.05, 0.1) is 40.7 Å². The summed E-state index contributed by atoms with van der Waals surface area (Å²) >= 11 is 1.14. The van der Waals surface area contributed by atoms with E-state index in [0.717, 1.165) is 11.8 Å². The number of rotatable bonds is 6. The van der Waals surface area contributed by atoms with Gasteiger partial charge in [0, 0.05) is 0 Å². The number of amides is 1. The van der Waals surface area contributed by atoms with Gasteiger partial charge in [0.15, 0.2) is 5.16 Å². The summed E-state index contributed by atoms with van der Waals surface area (Å²) in [6.45, 7) is 0. The first kappa shape index (κ1) is 21.3. The summed E-state index contributed by atoms with van der Waals surface area (Å²) in [5, 5.41) is 3.63. The highest BCUT2D eigenvalue weighted by atomic mass is 32.2. The number of esters is 1. The van der Waals surface area contributed by atoms with Crippen molar-refractivity contribution in [2.24, 2.45) is 0 Å². The highest BCUT2D eigenvalue weighted by Crippen LogP contribution is 2.22. The van der Waals surface area contributed by atoms with E-state index in [1.165, 1.54) is 11.7 Å². The van der Waals surface area contributed by atoms with Gasteiger partial charge in [-0.1, -0.05) is 54.2 Å². The summed E-state index contributed by atoms with van der Waals surface area (Å²) in [4.78, 5) is 42.4. The Bertz CT molecular complexity index is 1350. The zero-order chi connectivity index (χ0) is 22.5. The molecular weight excluding hydrogens is 426 g/mol. The lowest BCUT2D eigenvalue weighted by Gasteiger charge is -2.13. The molecule has 0 spiro atoms. The Morgan fingerprint density at radius 2 is 1.66 bits per heavy atom. The zero-order valence-corrected chi connectivity index (χ0v) is 18.0. The quantitative estimate of drug-likeness (QED) is 0.275. The van der Waals surface area contributed by atoms with Gasteiger partial charge < -0.3 is 10.1 Å². The van der Waals surface area contributed by atoms with Crippen LogP contribution >= 0.6 is 11.8 Å². The van der Waals surface area contributed by atoms with Crippen molar-refractivity contribution in [3.63, 3.8) is 0 Å². The molecule has 0 atom stereocenters. The zero-order valence-electron chi connectivity index (χ0n) is 17.1. The summed E-state index contributed by atoms with van der Waals surface area (Å²) in [6, 6.07) is 22.9. The number of aromatic nitrogens is 2. The first-order valence-corrected chi connectivity index (χ1v) is 10.7. The summed E-state index contributed by atoms with van der Waals surface area (Å²) in [7, 11) is 1.28. The van der Waals surface area contributed by atoms with Crippen LogP contribution in [0.5, 0.6) is 0 Å². The number of hydrogen-bond acceptors (Lipinski definition) is 6. The fourth-order valence-electron chi connectivity index (χ4n) is 3.21. The largest absolute Gasteiger partial charge is 0.465 e. The maximum atomic E-state index is 13.2. The number of ether oxygens (including phenoxy) is 1. The van der Waals surface area contributed by atoms with E-state index >= 15 is 0 Å². The number of fused-ring (bicyclic) bond motifs is 1. The fourth-order valence-corrected chi connectivity index (χ4v) is 4.02. The van der Waals surface area contributed by atoms with Crippen molar-refractivity contribution >= 4 is 40.2 Å². The average Bonchev–Trinajstić information content (AvgIpc) is 2.83. The molecule has 7 nitrogen and oxygen atoms in total. The molecule has 0 saturated heterocycles. The molecule has 1 aromatic heterocycles. The van der Waals surface area contributed by atoms with E-state index in [9.17, 15) is 14.4 Å². The number of carbonyl (C=O) groups is 2. The number of anilines is 1. The van der Waals surface area contributed by atoms with E-state index in [0.29, 0.717) is 27.4 Å². The Morgan fingerprint density at radius 1 is 0.969 bits per heavy atom. The molecule has 0 aliphatic rings. The van der Waals surface area contributed by atoms with Gasteiger partial charge in [-0.05, 0) is 36.4 Å². The van der Waals surface area contributed by atoms with E-state index in [1.807, 2.05) is 36.4 Å². The number of para-hydroxylation sites is 3.